The molecular formula is C23H26N4O3. The monoisotopic (exact) mass is 406 g/mol. The Kier molecular flexibility index (Phi) is 5.07. The minimum atomic E-state index is -0.706. The Morgan fingerprint density at radius 2 is 1.83 bits per heavy atom. The van der Waals surface area contributed by atoms with Gasteiger partial charge in [0, 0.05) is 18.3 Å². The Balaban J connectivity index is 1.95. The second kappa shape index (κ2) is 7.57. The Hall–Kier alpha value is -3.19. The van der Waals surface area contributed by atoms with Crippen molar-refractivity contribution < 1.29 is 9.53 Å². The van der Waals surface area contributed by atoms with E-state index in [0.717, 1.165) is 5.56 Å². The minimum Gasteiger partial charge on any atom is -0.467 e. The molecule has 0 saturated carbocycles. The Morgan fingerprint density at radius 1 is 1.13 bits per heavy atom. The number of anilines is 1. The third kappa shape index (κ3) is 3.57. The van der Waals surface area contributed by atoms with Crippen LogP contribution in [-0.2, 0) is 16.1 Å². The Labute approximate surface area is 175 Å². The molecule has 3 aromatic rings. The van der Waals surface area contributed by atoms with E-state index in [1.54, 1.807) is 18.3 Å². The van der Waals surface area contributed by atoms with E-state index in [4.69, 9.17) is 9.72 Å². The van der Waals surface area contributed by atoms with Crippen LogP contribution in [0.4, 0.5) is 5.82 Å². The lowest BCUT2D eigenvalue weighted by molar-refractivity contribution is -0.143. The van der Waals surface area contributed by atoms with Crippen LogP contribution in [-0.4, -0.2) is 34.0 Å². The number of ether oxygens (including phenoxy) is 1. The van der Waals surface area contributed by atoms with Gasteiger partial charge in [-0.05, 0) is 38.5 Å². The van der Waals surface area contributed by atoms with Crippen LogP contribution in [0.5, 0.6) is 0 Å². The maximum Gasteiger partial charge on any atom is 0.330 e. The summed E-state index contributed by atoms with van der Waals surface area (Å²) in [6.45, 7) is 6.46. The Bertz CT molecular complexity index is 1130. The summed E-state index contributed by atoms with van der Waals surface area (Å²) in [5.74, 6) is 0.117. The SMILES string of the molecule is COC(=O)[C@@H]1[C@H](NC(C)(C)C)c2c(nc3ccccn3c2=O)N1Cc1ccccc1. The lowest BCUT2D eigenvalue weighted by atomic mass is 9.99. The number of methoxy groups -OCH3 is 1. The van der Waals surface area contributed by atoms with Gasteiger partial charge < -0.3 is 15.0 Å². The molecule has 2 aromatic heterocycles. The summed E-state index contributed by atoms with van der Waals surface area (Å²) in [5, 5.41) is 3.47. The highest BCUT2D eigenvalue weighted by Gasteiger charge is 2.48. The summed E-state index contributed by atoms with van der Waals surface area (Å²) in [6, 6.07) is 14.0. The number of rotatable bonds is 4. The standard InChI is InChI=1S/C23H26N4O3/c1-23(2,3)25-18-17-20(24-16-12-8-9-13-26(16)21(17)28)27(19(18)22(29)30-4)14-15-10-6-5-7-11-15/h5-13,18-19,25H,14H2,1-4H3/t18-,19+/m1/s1. The molecule has 0 unspecified atom stereocenters. The van der Waals surface area contributed by atoms with Crippen LogP contribution in [0.25, 0.3) is 5.65 Å². The topological polar surface area (TPSA) is 75.9 Å². The maximum atomic E-state index is 13.5. The fourth-order valence-corrected chi connectivity index (χ4v) is 4.01. The first-order chi connectivity index (χ1) is 14.3. The van der Waals surface area contributed by atoms with Gasteiger partial charge in [0.25, 0.3) is 5.56 Å². The molecule has 4 rings (SSSR count). The lowest BCUT2D eigenvalue weighted by Gasteiger charge is -2.32. The van der Waals surface area contributed by atoms with Crippen molar-refractivity contribution in [3.05, 3.63) is 76.2 Å². The molecule has 30 heavy (non-hydrogen) atoms. The average molecular weight is 406 g/mol. The van der Waals surface area contributed by atoms with Crippen molar-refractivity contribution in [1.82, 2.24) is 14.7 Å². The first kappa shape index (κ1) is 20.1. The molecule has 0 amide bonds. The number of nitrogens with zero attached hydrogens (tertiary/aromatic N) is 3. The summed E-state index contributed by atoms with van der Waals surface area (Å²) >= 11 is 0. The fourth-order valence-electron chi connectivity index (χ4n) is 4.01. The summed E-state index contributed by atoms with van der Waals surface area (Å²) < 4.78 is 6.68. The van der Waals surface area contributed by atoms with Crippen LogP contribution in [0.2, 0.25) is 0 Å². The Morgan fingerprint density at radius 3 is 2.50 bits per heavy atom. The molecule has 0 radical (unpaired) electrons. The largest absolute Gasteiger partial charge is 0.467 e. The quantitative estimate of drug-likeness (QED) is 0.672. The summed E-state index contributed by atoms with van der Waals surface area (Å²) in [7, 11) is 1.37. The first-order valence-corrected chi connectivity index (χ1v) is 9.97. The fraction of sp³-hybridized carbons (Fsp3) is 0.348. The number of carbonyl (C=O) groups excluding carboxylic acids is 1. The van der Waals surface area contributed by atoms with Gasteiger partial charge in [0.05, 0.1) is 18.7 Å². The smallest absolute Gasteiger partial charge is 0.330 e. The number of hydrogen-bond acceptors (Lipinski definition) is 6. The predicted molar refractivity (Wildman–Crippen MR) is 116 cm³/mol. The molecule has 3 heterocycles. The van der Waals surface area contributed by atoms with Gasteiger partial charge in [0.15, 0.2) is 0 Å². The summed E-state index contributed by atoms with van der Waals surface area (Å²) in [5.41, 5.74) is 1.53. The molecule has 0 bridgehead atoms. The molecule has 0 spiro atoms. The van der Waals surface area contributed by atoms with Crippen molar-refractivity contribution in [2.24, 2.45) is 0 Å². The molecule has 1 aliphatic rings. The van der Waals surface area contributed by atoms with Crippen molar-refractivity contribution >= 4 is 17.4 Å². The maximum absolute atomic E-state index is 13.5. The molecule has 7 nitrogen and oxygen atoms in total. The number of pyridine rings is 1. The predicted octanol–water partition coefficient (Wildman–Crippen LogP) is 2.69. The van der Waals surface area contributed by atoms with Crippen LogP contribution in [0.3, 0.4) is 0 Å². The molecule has 0 fully saturated rings. The highest BCUT2D eigenvalue weighted by atomic mass is 16.5. The molecule has 1 aromatic carbocycles. The van der Waals surface area contributed by atoms with Crippen molar-refractivity contribution in [1.29, 1.82) is 0 Å². The third-order valence-corrected chi connectivity index (χ3v) is 5.21. The van der Waals surface area contributed by atoms with Crippen molar-refractivity contribution in [3.8, 4) is 0 Å². The van der Waals surface area contributed by atoms with Gasteiger partial charge in [0.1, 0.15) is 17.5 Å². The van der Waals surface area contributed by atoms with E-state index in [9.17, 15) is 9.59 Å². The average Bonchev–Trinajstić information content (AvgIpc) is 3.00. The van der Waals surface area contributed by atoms with Crippen LogP contribution >= 0.6 is 0 Å². The minimum absolute atomic E-state index is 0.179. The van der Waals surface area contributed by atoms with Gasteiger partial charge in [-0.3, -0.25) is 9.20 Å². The van der Waals surface area contributed by atoms with E-state index in [1.165, 1.54) is 11.5 Å². The third-order valence-electron chi connectivity index (χ3n) is 5.21. The van der Waals surface area contributed by atoms with Crippen LogP contribution in [0.15, 0.2) is 59.5 Å². The van der Waals surface area contributed by atoms with Crippen molar-refractivity contribution in [2.45, 2.75) is 44.9 Å². The normalized spacial score (nSPS) is 18.5. The molecule has 0 saturated heterocycles. The molecule has 156 valence electrons. The number of nitrogens with one attached hydrogen (secondary N) is 1. The van der Waals surface area contributed by atoms with Gasteiger partial charge in [-0.1, -0.05) is 36.4 Å². The number of fused-ring (bicyclic) bond motifs is 2. The highest BCUT2D eigenvalue weighted by Crippen LogP contribution is 2.39. The number of benzene rings is 1. The van der Waals surface area contributed by atoms with Crippen LogP contribution < -0.4 is 15.8 Å². The molecule has 0 aliphatic carbocycles. The van der Waals surface area contributed by atoms with E-state index in [1.807, 2.05) is 62.1 Å². The summed E-state index contributed by atoms with van der Waals surface area (Å²) in [6.07, 6.45) is 1.70. The van der Waals surface area contributed by atoms with E-state index >= 15 is 0 Å². The molecule has 7 heteroatoms. The van der Waals surface area contributed by atoms with Gasteiger partial charge >= 0.3 is 5.97 Å². The zero-order valence-electron chi connectivity index (χ0n) is 17.6. The zero-order chi connectivity index (χ0) is 21.5. The lowest BCUT2D eigenvalue weighted by Crippen LogP contribution is -2.50. The van der Waals surface area contributed by atoms with Crippen LogP contribution in [0.1, 0.15) is 37.9 Å². The van der Waals surface area contributed by atoms with E-state index in [0.29, 0.717) is 23.6 Å². The number of esters is 1. The molecular weight excluding hydrogens is 380 g/mol. The van der Waals surface area contributed by atoms with Gasteiger partial charge in [-0.15, -0.1) is 0 Å². The number of carbonyl (C=O) groups is 1. The van der Waals surface area contributed by atoms with E-state index < -0.39 is 18.1 Å². The molecule has 1 N–H and O–H groups in total. The van der Waals surface area contributed by atoms with Crippen LogP contribution in [0, 0.1) is 0 Å². The van der Waals surface area contributed by atoms with Gasteiger partial charge in [-0.2, -0.15) is 0 Å². The van der Waals surface area contributed by atoms with E-state index in [-0.39, 0.29) is 11.1 Å². The number of hydrogen-bond donors (Lipinski definition) is 1. The highest BCUT2D eigenvalue weighted by molar-refractivity contribution is 5.84. The molecule has 2 atom stereocenters. The van der Waals surface area contributed by atoms with Crippen molar-refractivity contribution in [3.63, 3.8) is 0 Å². The number of aromatic nitrogens is 2. The zero-order valence-corrected chi connectivity index (χ0v) is 17.6. The second-order valence-electron chi connectivity index (χ2n) is 8.54. The van der Waals surface area contributed by atoms with Crippen molar-refractivity contribution in [2.75, 3.05) is 12.0 Å². The first-order valence-electron chi connectivity index (χ1n) is 9.97. The summed E-state index contributed by atoms with van der Waals surface area (Å²) in [4.78, 5) is 33.1. The van der Waals surface area contributed by atoms with E-state index in [2.05, 4.69) is 5.32 Å². The van der Waals surface area contributed by atoms with Gasteiger partial charge in [-0.25, -0.2) is 9.78 Å². The molecule has 1 aliphatic heterocycles. The second-order valence-corrected chi connectivity index (χ2v) is 8.54. The van der Waals surface area contributed by atoms with Gasteiger partial charge in [0.2, 0.25) is 0 Å².